The minimum Gasteiger partial charge on any atom is -0.489 e. The van der Waals surface area contributed by atoms with E-state index in [-0.39, 0.29) is 29.5 Å². The molecule has 3 aromatic carbocycles. The minimum atomic E-state index is -4.16. The van der Waals surface area contributed by atoms with Crippen molar-refractivity contribution < 1.29 is 35.9 Å². The molecule has 0 aliphatic carbocycles. The largest absolute Gasteiger partial charge is 0.489 e. The first-order valence-corrected chi connectivity index (χ1v) is 15.9. The van der Waals surface area contributed by atoms with Gasteiger partial charge in [0, 0.05) is 23.7 Å². The molecule has 238 valence electrons. The molecule has 2 saturated heterocycles. The van der Waals surface area contributed by atoms with Gasteiger partial charge in [0.15, 0.2) is 5.75 Å². The molecule has 0 radical (unpaired) electrons. The number of carbonyl (C=O) groups is 1. The van der Waals surface area contributed by atoms with Crippen LogP contribution in [0.2, 0.25) is 5.02 Å². The Kier molecular flexibility index (Phi) is 8.55. The number of benzene rings is 3. The number of imidazole rings is 1. The lowest BCUT2D eigenvalue weighted by atomic mass is 9.89. The number of hydrogen-bond acceptors (Lipinski definition) is 7. The van der Waals surface area contributed by atoms with Gasteiger partial charge in [0.2, 0.25) is 0 Å². The number of aryl methyl sites for hydroxylation is 1. The van der Waals surface area contributed by atoms with Crippen LogP contribution in [0.4, 0.5) is 18.9 Å². The van der Waals surface area contributed by atoms with Gasteiger partial charge < -0.3 is 14.0 Å². The zero-order valence-electron chi connectivity index (χ0n) is 24.1. The topological polar surface area (TPSA) is 106 Å². The van der Waals surface area contributed by atoms with Crippen molar-refractivity contribution in [3.05, 3.63) is 82.4 Å². The van der Waals surface area contributed by atoms with Gasteiger partial charge in [0.05, 0.1) is 17.7 Å². The van der Waals surface area contributed by atoms with E-state index in [9.17, 15) is 26.4 Å². The molecule has 1 N–H and O–H groups in total. The van der Waals surface area contributed by atoms with Crippen LogP contribution in [0.5, 0.6) is 11.5 Å². The molecule has 0 unspecified atom stereocenters. The molecule has 4 aromatic rings. The summed E-state index contributed by atoms with van der Waals surface area (Å²) in [5.41, 5.74) is 2.10. The van der Waals surface area contributed by atoms with E-state index in [1.165, 1.54) is 12.1 Å². The van der Waals surface area contributed by atoms with E-state index in [4.69, 9.17) is 21.1 Å². The fourth-order valence-corrected chi connectivity index (χ4v) is 7.01. The van der Waals surface area contributed by atoms with Crippen LogP contribution in [0.1, 0.15) is 35.7 Å². The summed E-state index contributed by atoms with van der Waals surface area (Å²) in [4.78, 5) is 18.6. The van der Waals surface area contributed by atoms with Gasteiger partial charge in [-0.25, -0.2) is 18.4 Å². The number of aromatic nitrogens is 2. The normalized spacial score (nSPS) is 17.3. The van der Waals surface area contributed by atoms with Crippen molar-refractivity contribution >= 4 is 44.4 Å². The number of likely N-dealkylation sites (tertiary alicyclic amines) is 1. The van der Waals surface area contributed by atoms with Gasteiger partial charge in [-0.15, -0.1) is 0 Å². The number of carbonyl (C=O) groups excluding carboxylic acids is 1. The quantitative estimate of drug-likeness (QED) is 0.266. The molecular weight excluding hydrogens is 635 g/mol. The molecular formula is C30H29ClF3N5O5S. The van der Waals surface area contributed by atoms with Crippen LogP contribution in [0.25, 0.3) is 11.0 Å². The van der Waals surface area contributed by atoms with Crippen LogP contribution in [0, 0.1) is 5.82 Å². The van der Waals surface area contributed by atoms with Crippen LogP contribution in [-0.2, 0) is 35.2 Å². The third kappa shape index (κ3) is 6.67. The Morgan fingerprint density at radius 2 is 1.89 bits per heavy atom. The van der Waals surface area contributed by atoms with E-state index in [1.54, 1.807) is 23.7 Å². The van der Waals surface area contributed by atoms with Gasteiger partial charge in [0.1, 0.15) is 36.1 Å². The number of piperidine rings is 1. The molecule has 6 rings (SSSR count). The lowest BCUT2D eigenvalue weighted by Crippen LogP contribution is -2.33. The summed E-state index contributed by atoms with van der Waals surface area (Å²) in [6.45, 7) is -1.63. The van der Waals surface area contributed by atoms with Crippen LogP contribution >= 0.6 is 11.6 Å². The van der Waals surface area contributed by atoms with Crippen LogP contribution < -0.4 is 18.5 Å². The highest BCUT2D eigenvalue weighted by molar-refractivity contribution is 7.92. The smallest absolute Gasteiger partial charge is 0.387 e. The number of fused-ring (bicyclic) bond motifs is 1. The highest BCUT2D eigenvalue weighted by Gasteiger charge is 2.35. The van der Waals surface area contributed by atoms with Crippen LogP contribution in [0.15, 0.2) is 54.6 Å². The number of hydrogen-bond donors (Lipinski definition) is 1. The first-order valence-electron chi connectivity index (χ1n) is 14.1. The maximum absolute atomic E-state index is 14.1. The summed E-state index contributed by atoms with van der Waals surface area (Å²) in [6, 6.07) is 14.9. The third-order valence-corrected chi connectivity index (χ3v) is 9.69. The molecule has 0 spiro atoms. The zero-order chi connectivity index (χ0) is 31.9. The number of anilines is 1. The van der Waals surface area contributed by atoms with Crippen molar-refractivity contribution in [2.75, 3.05) is 23.9 Å². The van der Waals surface area contributed by atoms with Crippen LogP contribution in [-0.4, -0.2) is 55.0 Å². The number of nitrogens with one attached hydrogen (secondary N) is 1. The third-order valence-electron chi connectivity index (χ3n) is 8.04. The number of amides is 1. The summed E-state index contributed by atoms with van der Waals surface area (Å²) in [5, 5.41) is 0.326. The lowest BCUT2D eigenvalue weighted by Gasteiger charge is -2.32. The highest BCUT2D eigenvalue weighted by atomic mass is 35.5. The monoisotopic (exact) mass is 663 g/mol. The van der Waals surface area contributed by atoms with Gasteiger partial charge in [-0.1, -0.05) is 29.8 Å². The van der Waals surface area contributed by atoms with Crippen molar-refractivity contribution in [3.63, 3.8) is 0 Å². The van der Waals surface area contributed by atoms with E-state index in [0.717, 1.165) is 41.9 Å². The molecule has 2 fully saturated rings. The SMILES string of the molecule is Cn1c(CN2CCC(c3cccc(OCc4ccc(Cl)cc4F)c3)CC2)nc2c(OC(F)F)cc(N3CC(=O)NS3(=O)=O)cc21. The second kappa shape index (κ2) is 12.4. The second-order valence-electron chi connectivity index (χ2n) is 11.0. The predicted molar refractivity (Wildman–Crippen MR) is 161 cm³/mol. The van der Waals surface area contributed by atoms with E-state index in [2.05, 4.69) is 9.88 Å². The molecule has 45 heavy (non-hydrogen) atoms. The molecule has 2 aliphatic rings. The van der Waals surface area contributed by atoms with Crippen molar-refractivity contribution in [2.45, 2.75) is 38.5 Å². The summed E-state index contributed by atoms with van der Waals surface area (Å²) in [5.74, 6) is 0.0831. The fourth-order valence-electron chi connectivity index (χ4n) is 5.72. The van der Waals surface area contributed by atoms with Crippen molar-refractivity contribution in [3.8, 4) is 11.5 Å². The molecule has 1 amide bonds. The Morgan fingerprint density at radius 3 is 2.58 bits per heavy atom. The number of nitrogens with zero attached hydrogens (tertiary/aromatic N) is 4. The Bertz CT molecular complexity index is 1860. The summed E-state index contributed by atoms with van der Waals surface area (Å²) in [7, 11) is -2.44. The average molecular weight is 664 g/mol. The van der Waals surface area contributed by atoms with Gasteiger partial charge in [-0.05, 0) is 67.7 Å². The number of rotatable bonds is 9. The lowest BCUT2D eigenvalue weighted by molar-refractivity contribution is -0.117. The molecule has 0 bridgehead atoms. The predicted octanol–water partition coefficient (Wildman–Crippen LogP) is 5.11. The number of halogens is 4. The summed E-state index contributed by atoms with van der Waals surface area (Å²) < 4.78 is 80.6. The van der Waals surface area contributed by atoms with E-state index >= 15 is 0 Å². The first kappa shape index (κ1) is 31.0. The zero-order valence-corrected chi connectivity index (χ0v) is 25.6. The molecule has 2 aliphatic heterocycles. The summed E-state index contributed by atoms with van der Waals surface area (Å²) in [6.07, 6.45) is 1.72. The molecule has 3 heterocycles. The summed E-state index contributed by atoms with van der Waals surface area (Å²) >= 11 is 5.84. The van der Waals surface area contributed by atoms with Gasteiger partial charge in [-0.2, -0.15) is 17.2 Å². The van der Waals surface area contributed by atoms with Gasteiger partial charge in [0.25, 0.3) is 5.91 Å². The van der Waals surface area contributed by atoms with Crippen LogP contribution in [0.3, 0.4) is 0 Å². The number of alkyl halides is 2. The Balaban J connectivity index is 1.14. The fraction of sp³-hybridized carbons (Fsp3) is 0.333. The average Bonchev–Trinajstić information content (AvgIpc) is 3.46. The highest BCUT2D eigenvalue weighted by Crippen LogP contribution is 2.36. The van der Waals surface area contributed by atoms with Crippen molar-refractivity contribution in [1.29, 1.82) is 0 Å². The van der Waals surface area contributed by atoms with Gasteiger partial charge in [-0.3, -0.25) is 9.69 Å². The van der Waals surface area contributed by atoms with Gasteiger partial charge >= 0.3 is 16.8 Å². The maximum Gasteiger partial charge on any atom is 0.387 e. The van der Waals surface area contributed by atoms with E-state index in [1.807, 2.05) is 29.0 Å². The standard InChI is InChI=1S/C30H29ClF3N5O5S/c1-37-25-13-22(39-16-28(40)36-45(39,41)42)14-26(44-30(33)34)29(25)35-27(37)15-38-9-7-18(8-10-38)19-3-2-4-23(11-19)43-17-20-5-6-21(31)12-24(20)32/h2-6,11-14,18,30H,7-10,15-17H2,1H3,(H,36,40). The molecule has 0 atom stereocenters. The van der Waals surface area contributed by atoms with E-state index in [0.29, 0.717) is 34.2 Å². The Morgan fingerprint density at radius 1 is 1.11 bits per heavy atom. The van der Waals surface area contributed by atoms with Crippen molar-refractivity contribution in [2.24, 2.45) is 7.05 Å². The Labute approximate surface area is 262 Å². The first-order chi connectivity index (χ1) is 21.5. The Hall–Kier alpha value is -4.01. The second-order valence-corrected chi connectivity index (χ2v) is 13.0. The van der Waals surface area contributed by atoms with E-state index < -0.39 is 35.1 Å². The molecule has 15 heteroatoms. The maximum atomic E-state index is 14.1. The molecule has 1 aromatic heterocycles. The molecule has 10 nitrogen and oxygen atoms in total. The van der Waals surface area contributed by atoms with Crippen molar-refractivity contribution in [1.82, 2.24) is 19.2 Å². The number of ether oxygens (including phenoxy) is 2. The molecule has 0 saturated carbocycles. The minimum absolute atomic E-state index is 0.0105.